The van der Waals surface area contributed by atoms with E-state index in [-0.39, 0.29) is 0 Å². The zero-order valence-corrected chi connectivity index (χ0v) is 12.1. The molecule has 0 heterocycles. The largest absolute Gasteiger partial charge is 0.0969 e. The first-order valence-electron chi connectivity index (χ1n) is 6.64. The van der Waals surface area contributed by atoms with Crippen molar-refractivity contribution in [1.29, 1.82) is 0 Å². The molecule has 0 aliphatic rings. The average molecular weight is 199 g/mol. The molecule has 15 heavy (non-hydrogen) atoms. The highest BCUT2D eigenvalue weighted by atomic mass is 13.9. The molecular formula is C9H26B6. The summed E-state index contributed by atoms with van der Waals surface area (Å²) in [5, 5.41) is 1.02. The maximum Gasteiger partial charge on any atom is 0.0840 e. The Hall–Kier alpha value is 0.390. The minimum atomic E-state index is 0.509. The fourth-order valence-corrected chi connectivity index (χ4v) is 1.83. The highest BCUT2D eigenvalue weighted by Gasteiger charge is 2.22. The summed E-state index contributed by atoms with van der Waals surface area (Å²) in [5.41, 5.74) is 0. The monoisotopic (exact) mass is 200 g/mol. The summed E-state index contributed by atoms with van der Waals surface area (Å²) in [6, 6.07) is 0. The molecule has 0 atom stereocenters. The second-order valence-corrected chi connectivity index (χ2v) is 7.47. The topological polar surface area (TPSA) is 0 Å². The van der Waals surface area contributed by atoms with Crippen molar-refractivity contribution >= 4 is 42.0 Å². The SMILES string of the molecule is CBB(BBC(C)(C)C)BBC(C)(C)C. The van der Waals surface area contributed by atoms with Crippen LogP contribution in [0.15, 0.2) is 0 Å². The van der Waals surface area contributed by atoms with E-state index in [0.29, 0.717) is 10.6 Å². The Morgan fingerprint density at radius 3 is 1.27 bits per heavy atom. The van der Waals surface area contributed by atoms with Gasteiger partial charge in [-0.05, 0) is 0 Å². The van der Waals surface area contributed by atoms with E-state index in [1.807, 2.05) is 0 Å². The van der Waals surface area contributed by atoms with E-state index >= 15 is 0 Å². The molecule has 0 N–H and O–H groups in total. The Kier molecular flexibility index (Phi) is 6.37. The minimum absolute atomic E-state index is 0.509. The summed E-state index contributed by atoms with van der Waals surface area (Å²) in [6.07, 6.45) is 0.948. The van der Waals surface area contributed by atoms with Gasteiger partial charge in [-0.25, -0.2) is 0 Å². The quantitative estimate of drug-likeness (QED) is 0.564. The van der Waals surface area contributed by atoms with Gasteiger partial charge in [-0.2, -0.15) is 0 Å². The molecule has 0 aromatic heterocycles. The van der Waals surface area contributed by atoms with Crippen LogP contribution in [0.3, 0.4) is 0 Å². The maximum absolute atomic E-state index is 2.35. The van der Waals surface area contributed by atoms with Crippen LogP contribution in [-0.4, -0.2) is 42.0 Å². The third kappa shape index (κ3) is 10.7. The van der Waals surface area contributed by atoms with E-state index in [0.717, 1.165) is 6.39 Å². The highest BCUT2D eigenvalue weighted by molar-refractivity contribution is 7.74. The lowest BCUT2D eigenvalue weighted by Crippen LogP contribution is -2.45. The first-order valence-corrected chi connectivity index (χ1v) is 6.64. The van der Waals surface area contributed by atoms with Crippen LogP contribution < -0.4 is 0 Å². The van der Waals surface area contributed by atoms with E-state index in [2.05, 4.69) is 48.4 Å². The predicted molar refractivity (Wildman–Crippen MR) is 86.8 cm³/mol. The van der Waals surface area contributed by atoms with Gasteiger partial charge < -0.3 is 0 Å². The molecule has 0 aromatic rings. The zero-order valence-electron chi connectivity index (χ0n) is 12.1. The van der Waals surface area contributed by atoms with Crippen molar-refractivity contribution in [2.45, 2.75) is 59.0 Å². The van der Waals surface area contributed by atoms with Gasteiger partial charge in [0.15, 0.2) is 0 Å². The molecule has 0 aliphatic carbocycles. The summed E-state index contributed by atoms with van der Waals surface area (Å²) >= 11 is 0. The van der Waals surface area contributed by atoms with Crippen molar-refractivity contribution < 1.29 is 0 Å². The van der Waals surface area contributed by atoms with Crippen molar-refractivity contribution in [3.05, 3.63) is 0 Å². The molecule has 0 aliphatic heterocycles. The Balaban J connectivity index is 3.84. The van der Waals surface area contributed by atoms with E-state index in [4.69, 9.17) is 0 Å². The molecule has 0 aromatic carbocycles. The second-order valence-electron chi connectivity index (χ2n) is 7.47. The van der Waals surface area contributed by atoms with Crippen molar-refractivity contribution in [3.8, 4) is 0 Å². The lowest BCUT2D eigenvalue weighted by Gasteiger charge is -2.21. The van der Waals surface area contributed by atoms with E-state index < -0.39 is 0 Å². The fourth-order valence-electron chi connectivity index (χ4n) is 1.83. The lowest BCUT2D eigenvalue weighted by molar-refractivity contribution is 0.762. The fraction of sp³-hybridized carbons (Fsp3) is 1.00. The van der Waals surface area contributed by atoms with Gasteiger partial charge in [-0.3, -0.25) is 0 Å². The number of rotatable bonds is 5. The van der Waals surface area contributed by atoms with E-state index in [9.17, 15) is 0 Å². The molecule has 0 unspecified atom stereocenters. The summed E-state index contributed by atoms with van der Waals surface area (Å²) in [6.45, 7) is 16.4. The van der Waals surface area contributed by atoms with Crippen LogP contribution >= 0.6 is 0 Å². The van der Waals surface area contributed by atoms with Crippen molar-refractivity contribution in [2.75, 3.05) is 0 Å². The molecule has 0 nitrogen and oxygen atoms in total. The molecule has 0 spiro atoms. The smallest absolute Gasteiger partial charge is 0.0840 e. The Bertz CT molecular complexity index is 150. The molecule has 0 radical (unpaired) electrons. The van der Waals surface area contributed by atoms with E-state index in [1.165, 1.54) is 35.6 Å². The van der Waals surface area contributed by atoms with Crippen molar-refractivity contribution in [2.24, 2.45) is 0 Å². The molecule has 0 saturated heterocycles. The van der Waals surface area contributed by atoms with Gasteiger partial charge >= 0.3 is 0 Å². The molecule has 0 amide bonds. The number of hydrogen-bond acceptors (Lipinski definition) is 0. The normalized spacial score (nSPS) is 11.7. The van der Waals surface area contributed by atoms with Crippen LogP contribution in [0.5, 0.6) is 0 Å². The van der Waals surface area contributed by atoms with Gasteiger partial charge in [0.1, 0.15) is 0 Å². The van der Waals surface area contributed by atoms with Crippen LogP contribution in [0.2, 0.25) is 17.5 Å². The van der Waals surface area contributed by atoms with Gasteiger partial charge in [0, 0.05) is 20.5 Å². The van der Waals surface area contributed by atoms with Crippen molar-refractivity contribution in [1.82, 2.24) is 0 Å². The first-order chi connectivity index (χ1) is 6.64. The minimum Gasteiger partial charge on any atom is -0.0969 e. The molecule has 0 saturated carbocycles. The molecular weight excluding hydrogens is 173 g/mol. The Labute approximate surface area is 101 Å². The van der Waals surface area contributed by atoms with Crippen LogP contribution in [0.25, 0.3) is 0 Å². The zero-order chi connectivity index (χ0) is 12.1. The van der Waals surface area contributed by atoms with Gasteiger partial charge in [-0.1, -0.05) is 59.0 Å². The van der Waals surface area contributed by atoms with Gasteiger partial charge in [0.25, 0.3) is 0 Å². The van der Waals surface area contributed by atoms with Crippen LogP contribution in [0, 0.1) is 0 Å². The van der Waals surface area contributed by atoms with E-state index in [1.54, 1.807) is 0 Å². The molecule has 0 rings (SSSR count). The summed E-state index contributed by atoms with van der Waals surface area (Å²) in [4.78, 5) is 0. The standard InChI is InChI=1S/C9H26B6/c1-8(2,3)11-13-15(10-7)14-12-9(4,5)6/h10-14H,1-7H3. The third-order valence-electron chi connectivity index (χ3n) is 3.18. The molecule has 6 heteroatoms. The second kappa shape index (κ2) is 6.21. The Morgan fingerprint density at radius 1 is 0.733 bits per heavy atom. The summed E-state index contributed by atoms with van der Waals surface area (Å²) in [7, 11) is 6.92. The number of hydrogen-bond donors (Lipinski definition) is 0. The van der Waals surface area contributed by atoms with Crippen LogP contribution in [-0.2, 0) is 0 Å². The first kappa shape index (κ1) is 15.4. The van der Waals surface area contributed by atoms with Gasteiger partial charge in [0.2, 0.25) is 0 Å². The van der Waals surface area contributed by atoms with Gasteiger partial charge in [-0.15, -0.1) is 0 Å². The van der Waals surface area contributed by atoms with Crippen molar-refractivity contribution in [3.63, 3.8) is 0 Å². The van der Waals surface area contributed by atoms with Crippen LogP contribution in [0.4, 0.5) is 0 Å². The summed E-state index contributed by atoms with van der Waals surface area (Å²) < 4.78 is 0. The third-order valence-corrected chi connectivity index (χ3v) is 3.18. The molecule has 80 valence electrons. The Morgan fingerprint density at radius 2 is 1.07 bits per heavy atom. The van der Waals surface area contributed by atoms with Gasteiger partial charge in [0.05, 0.1) is 21.5 Å². The maximum atomic E-state index is 2.35. The van der Waals surface area contributed by atoms with Crippen LogP contribution in [0.1, 0.15) is 41.5 Å². The lowest BCUT2D eigenvalue weighted by atomic mass is 8.79. The molecule has 0 bridgehead atoms. The highest BCUT2D eigenvalue weighted by Crippen LogP contribution is 2.20. The molecule has 0 fully saturated rings. The predicted octanol–water partition coefficient (Wildman–Crippen LogP) is 0.469. The average Bonchev–Trinajstić information content (AvgIpc) is 2.00. The summed E-state index contributed by atoms with van der Waals surface area (Å²) in [5.74, 6) is 0.